The van der Waals surface area contributed by atoms with Gasteiger partial charge in [-0.25, -0.2) is 4.39 Å². The van der Waals surface area contributed by atoms with Gasteiger partial charge in [0.15, 0.2) is 0 Å². The van der Waals surface area contributed by atoms with Crippen molar-refractivity contribution in [1.29, 1.82) is 0 Å². The highest BCUT2D eigenvalue weighted by Crippen LogP contribution is 2.20. The van der Waals surface area contributed by atoms with Gasteiger partial charge in [0.25, 0.3) is 0 Å². The average Bonchev–Trinajstić information content (AvgIpc) is 2.84. The molecule has 0 spiro atoms. The van der Waals surface area contributed by atoms with E-state index in [1.807, 2.05) is 17.0 Å². The predicted octanol–water partition coefficient (Wildman–Crippen LogP) is 3.23. The Balaban J connectivity index is 2.06. The number of rotatable bonds is 7. The van der Waals surface area contributed by atoms with Crippen LogP contribution in [0.4, 0.5) is 4.39 Å². The molecule has 2 rings (SSSR count). The maximum atomic E-state index is 13.2. The molecule has 1 aromatic rings. The summed E-state index contributed by atoms with van der Waals surface area (Å²) in [6, 6.07) is 7.10. The minimum atomic E-state index is -0.196. The van der Waals surface area contributed by atoms with E-state index in [1.54, 1.807) is 0 Å². The summed E-state index contributed by atoms with van der Waals surface area (Å²) in [4.78, 5) is 19.5. The highest BCUT2D eigenvalue weighted by molar-refractivity contribution is 5.78. The summed E-state index contributed by atoms with van der Waals surface area (Å²) in [5.74, 6) is 0.499. The summed E-state index contributed by atoms with van der Waals surface area (Å²) in [6.45, 7) is 14.3. The average molecular weight is 364 g/mol. The van der Waals surface area contributed by atoms with Gasteiger partial charge in [-0.1, -0.05) is 39.8 Å². The predicted molar refractivity (Wildman–Crippen MR) is 104 cm³/mol. The van der Waals surface area contributed by atoms with Gasteiger partial charge in [-0.05, 0) is 43.1 Å². The van der Waals surface area contributed by atoms with Gasteiger partial charge >= 0.3 is 0 Å². The zero-order chi connectivity index (χ0) is 19.1. The zero-order valence-corrected chi connectivity index (χ0v) is 16.7. The van der Waals surface area contributed by atoms with Crippen molar-refractivity contribution >= 4 is 5.91 Å². The molecule has 0 aromatic heterocycles. The number of benzene rings is 1. The third-order valence-corrected chi connectivity index (χ3v) is 5.42. The van der Waals surface area contributed by atoms with Gasteiger partial charge < -0.3 is 4.90 Å². The second kappa shape index (κ2) is 10.0. The lowest BCUT2D eigenvalue weighted by molar-refractivity contribution is -0.132. The first-order valence-corrected chi connectivity index (χ1v) is 9.93. The van der Waals surface area contributed by atoms with Crippen LogP contribution >= 0.6 is 0 Å². The molecule has 1 saturated heterocycles. The lowest BCUT2D eigenvalue weighted by Gasteiger charge is -2.35. The van der Waals surface area contributed by atoms with E-state index in [9.17, 15) is 9.18 Å². The van der Waals surface area contributed by atoms with Crippen LogP contribution in [0.2, 0.25) is 0 Å². The SMILES string of the molecule is CCN(CC)CC(=O)N1CCCN(Cc2ccc(F)cc2)C(C(C)C)C1. The Labute approximate surface area is 158 Å². The molecule has 1 amide bonds. The van der Waals surface area contributed by atoms with E-state index in [2.05, 4.69) is 37.5 Å². The van der Waals surface area contributed by atoms with Crippen molar-refractivity contribution in [2.75, 3.05) is 39.3 Å². The highest BCUT2D eigenvalue weighted by atomic mass is 19.1. The van der Waals surface area contributed by atoms with Gasteiger partial charge in [-0.3, -0.25) is 14.6 Å². The van der Waals surface area contributed by atoms with Gasteiger partial charge in [0.05, 0.1) is 6.54 Å². The number of carbonyl (C=O) groups is 1. The van der Waals surface area contributed by atoms with Gasteiger partial charge in [-0.2, -0.15) is 0 Å². The number of amides is 1. The fourth-order valence-corrected chi connectivity index (χ4v) is 3.68. The first-order chi connectivity index (χ1) is 12.4. The molecule has 1 aliphatic heterocycles. The van der Waals surface area contributed by atoms with E-state index in [-0.39, 0.29) is 11.7 Å². The number of halogens is 1. The van der Waals surface area contributed by atoms with E-state index >= 15 is 0 Å². The van der Waals surface area contributed by atoms with E-state index in [0.717, 1.165) is 51.3 Å². The van der Waals surface area contributed by atoms with E-state index in [0.29, 0.717) is 18.5 Å². The second-order valence-corrected chi connectivity index (χ2v) is 7.56. The maximum Gasteiger partial charge on any atom is 0.236 e. The Bertz CT molecular complexity index is 557. The minimum absolute atomic E-state index is 0.196. The molecule has 0 radical (unpaired) electrons. The number of hydrogen-bond acceptors (Lipinski definition) is 3. The number of nitrogens with zero attached hydrogens (tertiary/aromatic N) is 3. The standard InChI is InChI=1S/C21H34FN3O/c1-5-23(6-2)16-21(26)25-13-7-12-24(20(15-25)17(3)4)14-18-8-10-19(22)11-9-18/h8-11,17,20H,5-7,12-16H2,1-4H3. The molecule has 26 heavy (non-hydrogen) atoms. The maximum absolute atomic E-state index is 13.2. The third-order valence-electron chi connectivity index (χ3n) is 5.42. The van der Waals surface area contributed by atoms with Gasteiger partial charge in [0.1, 0.15) is 5.82 Å². The van der Waals surface area contributed by atoms with Crippen molar-refractivity contribution in [3.05, 3.63) is 35.6 Å². The summed E-state index contributed by atoms with van der Waals surface area (Å²) in [6.07, 6.45) is 0.981. The Hall–Kier alpha value is -1.46. The van der Waals surface area contributed by atoms with E-state index in [4.69, 9.17) is 0 Å². The number of carbonyl (C=O) groups excluding carboxylic acids is 1. The summed E-state index contributed by atoms with van der Waals surface area (Å²) in [7, 11) is 0. The van der Waals surface area contributed by atoms with Crippen LogP contribution in [0.1, 0.15) is 39.7 Å². The van der Waals surface area contributed by atoms with Crippen LogP contribution in [-0.2, 0) is 11.3 Å². The molecule has 1 fully saturated rings. The summed E-state index contributed by atoms with van der Waals surface area (Å²) in [5, 5.41) is 0. The molecule has 5 heteroatoms. The van der Waals surface area contributed by atoms with E-state index < -0.39 is 0 Å². The van der Waals surface area contributed by atoms with Crippen molar-refractivity contribution in [1.82, 2.24) is 14.7 Å². The van der Waals surface area contributed by atoms with Crippen LogP contribution in [-0.4, -0.2) is 65.9 Å². The highest BCUT2D eigenvalue weighted by Gasteiger charge is 2.29. The van der Waals surface area contributed by atoms with Crippen molar-refractivity contribution in [2.24, 2.45) is 5.92 Å². The Morgan fingerprint density at radius 1 is 1.19 bits per heavy atom. The van der Waals surface area contributed by atoms with Crippen molar-refractivity contribution < 1.29 is 9.18 Å². The molecule has 146 valence electrons. The normalized spacial score (nSPS) is 19.2. The molecule has 1 unspecified atom stereocenters. The molecule has 0 bridgehead atoms. The van der Waals surface area contributed by atoms with Crippen LogP contribution < -0.4 is 0 Å². The Morgan fingerprint density at radius 2 is 1.85 bits per heavy atom. The molecular formula is C21H34FN3O. The molecule has 1 atom stereocenters. The summed E-state index contributed by atoms with van der Waals surface area (Å²) < 4.78 is 13.2. The van der Waals surface area contributed by atoms with Gasteiger partial charge in [0, 0.05) is 32.2 Å². The fourth-order valence-electron chi connectivity index (χ4n) is 3.68. The molecule has 4 nitrogen and oxygen atoms in total. The lowest BCUT2D eigenvalue weighted by atomic mass is 10.0. The van der Waals surface area contributed by atoms with Gasteiger partial charge in [-0.15, -0.1) is 0 Å². The number of likely N-dealkylation sites (N-methyl/N-ethyl adjacent to an activating group) is 1. The molecule has 0 saturated carbocycles. The molecule has 0 N–H and O–H groups in total. The fraction of sp³-hybridized carbons (Fsp3) is 0.667. The van der Waals surface area contributed by atoms with Crippen LogP contribution in [0.15, 0.2) is 24.3 Å². The van der Waals surface area contributed by atoms with Crippen molar-refractivity contribution in [2.45, 2.75) is 46.7 Å². The first kappa shape index (κ1) is 20.8. The van der Waals surface area contributed by atoms with Crippen LogP contribution in [0, 0.1) is 11.7 Å². The molecule has 0 aliphatic carbocycles. The van der Waals surface area contributed by atoms with Crippen LogP contribution in [0.5, 0.6) is 0 Å². The second-order valence-electron chi connectivity index (χ2n) is 7.56. The smallest absolute Gasteiger partial charge is 0.236 e. The molecular weight excluding hydrogens is 329 g/mol. The number of hydrogen-bond donors (Lipinski definition) is 0. The summed E-state index contributed by atoms with van der Waals surface area (Å²) >= 11 is 0. The first-order valence-electron chi connectivity index (χ1n) is 9.93. The largest absolute Gasteiger partial charge is 0.340 e. The van der Waals surface area contributed by atoms with Crippen LogP contribution in [0.3, 0.4) is 0 Å². The molecule has 1 heterocycles. The van der Waals surface area contributed by atoms with Gasteiger partial charge in [0.2, 0.25) is 5.91 Å². The Morgan fingerprint density at radius 3 is 2.42 bits per heavy atom. The van der Waals surface area contributed by atoms with Crippen molar-refractivity contribution in [3.8, 4) is 0 Å². The monoisotopic (exact) mass is 363 g/mol. The minimum Gasteiger partial charge on any atom is -0.340 e. The summed E-state index contributed by atoms with van der Waals surface area (Å²) in [5.41, 5.74) is 1.12. The van der Waals surface area contributed by atoms with E-state index in [1.165, 1.54) is 12.1 Å². The van der Waals surface area contributed by atoms with Crippen LogP contribution in [0.25, 0.3) is 0 Å². The molecule has 1 aromatic carbocycles. The zero-order valence-electron chi connectivity index (χ0n) is 16.7. The third kappa shape index (κ3) is 5.78. The Kier molecular flexibility index (Phi) is 8.04. The van der Waals surface area contributed by atoms with Crippen molar-refractivity contribution in [3.63, 3.8) is 0 Å². The quantitative estimate of drug-likeness (QED) is 0.744. The molecule has 1 aliphatic rings. The lowest BCUT2D eigenvalue weighted by Crippen LogP contribution is -2.47. The topological polar surface area (TPSA) is 26.8 Å².